The van der Waals surface area contributed by atoms with Gasteiger partial charge in [-0.15, -0.1) is 0 Å². The van der Waals surface area contributed by atoms with Crippen LogP contribution in [0, 0.1) is 0 Å². The number of esters is 1. The summed E-state index contributed by atoms with van der Waals surface area (Å²) in [6, 6.07) is 1.56. The van der Waals surface area contributed by atoms with E-state index in [1.54, 1.807) is 13.0 Å². The second-order valence-electron chi connectivity index (χ2n) is 3.32. The zero-order valence-electron chi connectivity index (χ0n) is 9.52. The summed E-state index contributed by atoms with van der Waals surface area (Å²) in [7, 11) is 1.27. The molecule has 0 amide bonds. The summed E-state index contributed by atoms with van der Waals surface area (Å²) < 4.78 is 9.54. The minimum absolute atomic E-state index is 0.148. The molecule has 1 aromatic heterocycles. The first-order chi connectivity index (χ1) is 8.02. The molecule has 0 saturated carbocycles. The van der Waals surface area contributed by atoms with Gasteiger partial charge in [0.2, 0.25) is 5.88 Å². The van der Waals surface area contributed by atoms with Crippen LogP contribution in [0.15, 0.2) is 28.5 Å². The van der Waals surface area contributed by atoms with Crippen LogP contribution in [0.4, 0.5) is 5.88 Å². The van der Waals surface area contributed by atoms with Crippen LogP contribution in [0.2, 0.25) is 0 Å². The molecule has 1 rings (SSSR count). The highest BCUT2D eigenvalue weighted by Gasteiger charge is 2.10. The number of carbonyl (C=O) groups is 2. The molecule has 92 valence electrons. The van der Waals surface area contributed by atoms with Gasteiger partial charge in [0.15, 0.2) is 0 Å². The van der Waals surface area contributed by atoms with E-state index in [0.717, 1.165) is 0 Å². The van der Waals surface area contributed by atoms with E-state index >= 15 is 0 Å². The molecule has 1 aromatic rings. The van der Waals surface area contributed by atoms with Gasteiger partial charge in [-0.2, -0.15) is 0 Å². The summed E-state index contributed by atoms with van der Waals surface area (Å²) in [6.07, 6.45) is 2.48. The molecule has 0 atom stereocenters. The molecule has 0 bridgehead atoms. The second kappa shape index (κ2) is 5.74. The van der Waals surface area contributed by atoms with Crippen LogP contribution in [-0.2, 0) is 20.7 Å². The SMILES string of the molecule is COC(=O)C=C(C)Nc1occc1CC(=O)O. The Bertz CT molecular complexity index is 446. The van der Waals surface area contributed by atoms with Gasteiger partial charge in [0.1, 0.15) is 0 Å². The molecular formula is C11H13NO5. The first-order valence-electron chi connectivity index (χ1n) is 4.84. The van der Waals surface area contributed by atoms with Crippen molar-refractivity contribution in [3.63, 3.8) is 0 Å². The van der Waals surface area contributed by atoms with E-state index in [2.05, 4.69) is 10.1 Å². The first kappa shape index (κ1) is 12.8. The van der Waals surface area contributed by atoms with E-state index in [1.807, 2.05) is 0 Å². The van der Waals surface area contributed by atoms with Gasteiger partial charge in [0, 0.05) is 17.3 Å². The third-order valence-corrected chi connectivity index (χ3v) is 1.93. The smallest absolute Gasteiger partial charge is 0.332 e. The lowest BCUT2D eigenvalue weighted by Gasteiger charge is -2.04. The van der Waals surface area contributed by atoms with Gasteiger partial charge in [0.05, 0.1) is 19.8 Å². The number of carboxylic acids is 1. The number of carbonyl (C=O) groups excluding carboxylic acids is 1. The fraction of sp³-hybridized carbons (Fsp3) is 0.273. The number of methoxy groups -OCH3 is 1. The van der Waals surface area contributed by atoms with Crippen LogP contribution in [0.3, 0.4) is 0 Å². The number of hydrogen-bond donors (Lipinski definition) is 2. The van der Waals surface area contributed by atoms with Crippen molar-refractivity contribution in [2.75, 3.05) is 12.4 Å². The van der Waals surface area contributed by atoms with Crippen molar-refractivity contribution in [1.29, 1.82) is 0 Å². The lowest BCUT2D eigenvalue weighted by Crippen LogP contribution is -2.05. The molecule has 0 aliphatic rings. The Hall–Kier alpha value is -2.24. The van der Waals surface area contributed by atoms with E-state index in [0.29, 0.717) is 17.1 Å². The fourth-order valence-corrected chi connectivity index (χ4v) is 1.20. The predicted octanol–water partition coefficient (Wildman–Crippen LogP) is 1.40. The number of nitrogens with one attached hydrogen (secondary N) is 1. The maximum absolute atomic E-state index is 11.0. The van der Waals surface area contributed by atoms with Gasteiger partial charge in [-0.3, -0.25) is 4.79 Å². The molecule has 0 radical (unpaired) electrons. The van der Waals surface area contributed by atoms with Crippen LogP contribution in [0.25, 0.3) is 0 Å². The van der Waals surface area contributed by atoms with E-state index in [4.69, 9.17) is 9.52 Å². The standard InChI is InChI=1S/C11H13NO5/c1-7(5-10(15)16-2)12-11-8(3-4-17-11)6-9(13)14/h3-5,12H,6H2,1-2H3,(H,13,14). The molecule has 0 saturated heterocycles. The van der Waals surface area contributed by atoms with Gasteiger partial charge in [-0.25, -0.2) is 4.79 Å². The largest absolute Gasteiger partial charge is 0.481 e. The zero-order chi connectivity index (χ0) is 12.8. The highest BCUT2D eigenvalue weighted by atomic mass is 16.5. The highest BCUT2D eigenvalue weighted by Crippen LogP contribution is 2.19. The van der Waals surface area contributed by atoms with Crippen LogP contribution < -0.4 is 5.32 Å². The minimum Gasteiger partial charge on any atom is -0.481 e. The Morgan fingerprint density at radius 1 is 1.59 bits per heavy atom. The van der Waals surface area contributed by atoms with Crippen molar-refractivity contribution in [3.8, 4) is 0 Å². The van der Waals surface area contributed by atoms with Crippen molar-refractivity contribution in [1.82, 2.24) is 0 Å². The lowest BCUT2D eigenvalue weighted by atomic mass is 10.2. The summed E-state index contributed by atoms with van der Waals surface area (Å²) in [5, 5.41) is 11.5. The number of allylic oxidation sites excluding steroid dienone is 1. The number of rotatable bonds is 5. The number of hydrogen-bond acceptors (Lipinski definition) is 5. The summed E-state index contributed by atoms with van der Waals surface area (Å²) in [5.74, 6) is -1.14. The number of anilines is 1. The van der Waals surface area contributed by atoms with Gasteiger partial charge in [-0.05, 0) is 13.0 Å². The van der Waals surface area contributed by atoms with Gasteiger partial charge < -0.3 is 19.6 Å². The van der Waals surface area contributed by atoms with Crippen molar-refractivity contribution >= 4 is 17.8 Å². The number of ether oxygens (including phenoxy) is 1. The van der Waals surface area contributed by atoms with E-state index < -0.39 is 11.9 Å². The molecule has 17 heavy (non-hydrogen) atoms. The Kier molecular flexibility index (Phi) is 4.33. The molecule has 0 aliphatic heterocycles. The fourth-order valence-electron chi connectivity index (χ4n) is 1.20. The third kappa shape index (κ3) is 4.02. The molecule has 1 heterocycles. The molecule has 0 fully saturated rings. The predicted molar refractivity (Wildman–Crippen MR) is 59.4 cm³/mol. The van der Waals surface area contributed by atoms with Crippen molar-refractivity contribution < 1.29 is 23.8 Å². The molecule has 2 N–H and O–H groups in total. The Morgan fingerprint density at radius 2 is 2.29 bits per heavy atom. The van der Waals surface area contributed by atoms with Crippen LogP contribution in [0.5, 0.6) is 0 Å². The van der Waals surface area contributed by atoms with Crippen LogP contribution >= 0.6 is 0 Å². The Morgan fingerprint density at radius 3 is 2.88 bits per heavy atom. The van der Waals surface area contributed by atoms with Crippen molar-refractivity contribution in [2.24, 2.45) is 0 Å². The third-order valence-electron chi connectivity index (χ3n) is 1.93. The normalized spacial score (nSPS) is 11.1. The Labute approximate surface area is 97.9 Å². The van der Waals surface area contributed by atoms with Crippen LogP contribution in [-0.4, -0.2) is 24.2 Å². The maximum atomic E-state index is 11.0. The summed E-state index contributed by atoms with van der Waals surface area (Å²) in [4.78, 5) is 21.5. The molecule has 6 nitrogen and oxygen atoms in total. The van der Waals surface area contributed by atoms with Crippen LogP contribution in [0.1, 0.15) is 12.5 Å². The number of carboxylic acid groups (broad SMARTS) is 1. The highest BCUT2D eigenvalue weighted by molar-refractivity contribution is 5.83. The monoisotopic (exact) mass is 239 g/mol. The van der Waals surface area contributed by atoms with Crippen molar-refractivity contribution in [3.05, 3.63) is 29.7 Å². The molecule has 0 aliphatic carbocycles. The zero-order valence-corrected chi connectivity index (χ0v) is 9.52. The number of aliphatic carboxylic acids is 1. The summed E-state index contributed by atoms with van der Waals surface area (Å²) in [5.41, 5.74) is 1.01. The van der Waals surface area contributed by atoms with Gasteiger partial charge in [0.25, 0.3) is 0 Å². The maximum Gasteiger partial charge on any atom is 0.332 e. The average Bonchev–Trinajstić information content (AvgIpc) is 2.64. The molecule has 0 aromatic carbocycles. The minimum atomic E-state index is -0.955. The topological polar surface area (TPSA) is 88.8 Å². The van der Waals surface area contributed by atoms with E-state index in [9.17, 15) is 9.59 Å². The molecule has 0 unspecified atom stereocenters. The molecular weight excluding hydrogens is 226 g/mol. The second-order valence-corrected chi connectivity index (χ2v) is 3.32. The molecule has 0 spiro atoms. The number of furan rings is 1. The van der Waals surface area contributed by atoms with E-state index in [1.165, 1.54) is 19.4 Å². The van der Waals surface area contributed by atoms with Gasteiger partial charge >= 0.3 is 11.9 Å². The molecule has 6 heteroatoms. The van der Waals surface area contributed by atoms with Gasteiger partial charge in [-0.1, -0.05) is 0 Å². The Balaban J connectivity index is 2.74. The average molecular weight is 239 g/mol. The van der Waals surface area contributed by atoms with E-state index in [-0.39, 0.29) is 6.42 Å². The quantitative estimate of drug-likeness (QED) is 0.596. The summed E-state index contributed by atoms with van der Waals surface area (Å²) in [6.45, 7) is 1.64. The summed E-state index contributed by atoms with van der Waals surface area (Å²) >= 11 is 0. The lowest BCUT2D eigenvalue weighted by molar-refractivity contribution is -0.136. The first-order valence-corrected chi connectivity index (χ1v) is 4.84. The van der Waals surface area contributed by atoms with Crippen molar-refractivity contribution in [2.45, 2.75) is 13.3 Å².